The normalized spacial score (nSPS) is 17.1. The molecule has 2 heterocycles. The van der Waals surface area contributed by atoms with Crippen molar-refractivity contribution >= 4 is 21.9 Å². The van der Waals surface area contributed by atoms with Crippen molar-refractivity contribution in [1.29, 1.82) is 0 Å². The number of rotatable bonds is 8. The number of para-hydroxylation sites is 1. The Kier molecular flexibility index (Phi) is 6.27. The van der Waals surface area contributed by atoms with E-state index in [0.717, 1.165) is 55.5 Å². The topological polar surface area (TPSA) is 81.3 Å². The predicted molar refractivity (Wildman–Crippen MR) is 155 cm³/mol. The number of furan rings is 1. The average Bonchev–Trinajstić information content (AvgIpc) is 3.56. The lowest BCUT2D eigenvalue weighted by molar-refractivity contribution is 0.199. The van der Waals surface area contributed by atoms with E-state index in [1.165, 1.54) is 0 Å². The fourth-order valence-electron chi connectivity index (χ4n) is 5.67. The third kappa shape index (κ3) is 4.22. The van der Waals surface area contributed by atoms with Crippen molar-refractivity contribution in [1.82, 2.24) is 0 Å². The van der Waals surface area contributed by atoms with E-state index in [2.05, 4.69) is 30.4 Å². The molecule has 0 radical (unpaired) electrons. The van der Waals surface area contributed by atoms with Crippen LogP contribution >= 0.6 is 0 Å². The van der Waals surface area contributed by atoms with Gasteiger partial charge in [0.15, 0.2) is 0 Å². The number of ether oxygens (including phenoxy) is 3. The molecule has 2 aliphatic rings. The van der Waals surface area contributed by atoms with Crippen molar-refractivity contribution in [3.8, 4) is 39.5 Å². The van der Waals surface area contributed by atoms with E-state index in [-0.39, 0.29) is 38.4 Å². The van der Waals surface area contributed by atoms with Gasteiger partial charge in [-0.3, -0.25) is 0 Å². The summed E-state index contributed by atoms with van der Waals surface area (Å²) >= 11 is 0. The molecule has 200 valence electrons. The van der Waals surface area contributed by atoms with Crippen LogP contribution in [0.15, 0.2) is 102 Å². The van der Waals surface area contributed by atoms with Gasteiger partial charge in [-0.15, -0.1) is 0 Å². The zero-order valence-corrected chi connectivity index (χ0v) is 21.7. The van der Waals surface area contributed by atoms with E-state index >= 15 is 0 Å². The third-order valence-corrected chi connectivity index (χ3v) is 7.49. The maximum Gasteiger partial charge on any atom is 0.135 e. The predicted octanol–water partition coefficient (Wildman–Crippen LogP) is 6.63. The van der Waals surface area contributed by atoms with Crippen molar-refractivity contribution in [2.24, 2.45) is 0 Å². The van der Waals surface area contributed by atoms with Gasteiger partial charge in [0, 0.05) is 33.4 Å². The molecule has 0 saturated heterocycles. The summed E-state index contributed by atoms with van der Waals surface area (Å²) in [5.74, 6) is 2.29. The molecule has 6 heteroatoms. The molecular formula is C34H28O6. The molecule has 40 heavy (non-hydrogen) atoms. The highest BCUT2D eigenvalue weighted by Crippen LogP contribution is 2.46. The van der Waals surface area contributed by atoms with Crippen LogP contribution in [0.2, 0.25) is 0 Å². The fourth-order valence-corrected chi connectivity index (χ4v) is 5.67. The Balaban J connectivity index is 1.37. The van der Waals surface area contributed by atoms with E-state index in [4.69, 9.17) is 18.6 Å². The first kappa shape index (κ1) is 24.5. The van der Waals surface area contributed by atoms with Gasteiger partial charge in [0.05, 0.1) is 13.2 Å². The van der Waals surface area contributed by atoms with Crippen molar-refractivity contribution in [2.75, 3.05) is 26.4 Å². The fraction of sp³-hybridized carbons (Fsp3) is 0.176. The smallest absolute Gasteiger partial charge is 0.135 e. The SMILES string of the molecule is OCCOc1cc(-c2ccc3oc4ccccc4c3c2)c(OCCO)cc1-c1ccc2c(c1)C1C=CC=CC1O2. The van der Waals surface area contributed by atoms with Gasteiger partial charge < -0.3 is 28.8 Å². The van der Waals surface area contributed by atoms with E-state index in [9.17, 15) is 10.2 Å². The Morgan fingerprint density at radius 3 is 2.12 bits per heavy atom. The van der Waals surface area contributed by atoms with Gasteiger partial charge >= 0.3 is 0 Å². The second-order valence-corrected chi connectivity index (χ2v) is 9.93. The van der Waals surface area contributed by atoms with Crippen LogP contribution in [0.4, 0.5) is 0 Å². The summed E-state index contributed by atoms with van der Waals surface area (Å²) in [7, 11) is 0. The Morgan fingerprint density at radius 2 is 1.35 bits per heavy atom. The van der Waals surface area contributed by atoms with Crippen molar-refractivity contribution in [3.63, 3.8) is 0 Å². The summed E-state index contributed by atoms with van der Waals surface area (Å²) in [6.45, 7) is 0.0888. The summed E-state index contributed by atoms with van der Waals surface area (Å²) in [6, 6.07) is 24.1. The van der Waals surface area contributed by atoms with Crippen LogP contribution in [-0.2, 0) is 0 Å². The Bertz CT molecular complexity index is 1780. The molecule has 6 nitrogen and oxygen atoms in total. The molecule has 0 fully saturated rings. The second-order valence-electron chi connectivity index (χ2n) is 9.93. The summed E-state index contributed by atoms with van der Waals surface area (Å²) < 4.78 is 24.4. The third-order valence-electron chi connectivity index (χ3n) is 7.49. The molecule has 2 N–H and O–H groups in total. The summed E-state index contributed by atoms with van der Waals surface area (Å²) in [5, 5.41) is 21.2. The quantitative estimate of drug-likeness (QED) is 0.233. The molecule has 1 aromatic heterocycles. The van der Waals surface area contributed by atoms with Crippen molar-refractivity contribution in [2.45, 2.75) is 12.0 Å². The van der Waals surface area contributed by atoms with Gasteiger partial charge in [-0.1, -0.05) is 48.6 Å². The molecule has 1 aliphatic carbocycles. The highest BCUT2D eigenvalue weighted by atomic mass is 16.5. The minimum Gasteiger partial charge on any atom is -0.491 e. The zero-order chi connectivity index (χ0) is 27.1. The molecular weight excluding hydrogens is 504 g/mol. The van der Waals surface area contributed by atoms with Crippen molar-refractivity contribution in [3.05, 3.63) is 103 Å². The molecule has 1 aliphatic heterocycles. The van der Waals surface area contributed by atoms with Crippen LogP contribution in [0.3, 0.4) is 0 Å². The zero-order valence-electron chi connectivity index (χ0n) is 21.7. The Labute approximate surface area is 231 Å². The molecule has 0 bridgehead atoms. The molecule has 7 rings (SSSR count). The second kappa shape index (κ2) is 10.2. The number of hydrogen-bond acceptors (Lipinski definition) is 6. The summed E-state index contributed by atoms with van der Waals surface area (Å²) in [6.07, 6.45) is 8.31. The molecule has 0 amide bonds. The molecule has 2 atom stereocenters. The highest BCUT2D eigenvalue weighted by Gasteiger charge is 2.32. The Morgan fingerprint density at radius 1 is 0.675 bits per heavy atom. The van der Waals surface area contributed by atoms with E-state index < -0.39 is 0 Å². The lowest BCUT2D eigenvalue weighted by Gasteiger charge is -2.18. The first-order valence-electron chi connectivity index (χ1n) is 13.5. The van der Waals surface area contributed by atoms with Crippen LogP contribution in [0.1, 0.15) is 11.5 Å². The largest absolute Gasteiger partial charge is 0.491 e. The molecule has 0 spiro atoms. The molecule has 4 aromatic carbocycles. The number of benzene rings is 4. The maximum atomic E-state index is 9.58. The number of aliphatic hydroxyl groups excluding tert-OH is 2. The molecule has 0 saturated carbocycles. The first-order valence-corrected chi connectivity index (χ1v) is 13.5. The van der Waals surface area contributed by atoms with Gasteiger partial charge in [0.2, 0.25) is 0 Å². The summed E-state index contributed by atoms with van der Waals surface area (Å²) in [4.78, 5) is 0. The van der Waals surface area contributed by atoms with Crippen LogP contribution in [0, 0.1) is 0 Å². The number of hydrogen-bond donors (Lipinski definition) is 2. The monoisotopic (exact) mass is 532 g/mol. The molecule has 5 aromatic rings. The van der Waals surface area contributed by atoms with Gasteiger partial charge in [0.1, 0.15) is 47.7 Å². The lowest BCUT2D eigenvalue weighted by atomic mass is 9.89. The first-order chi connectivity index (χ1) is 19.7. The van der Waals surface area contributed by atoms with Gasteiger partial charge in [-0.2, -0.15) is 0 Å². The summed E-state index contributed by atoms with van der Waals surface area (Å²) in [5.41, 5.74) is 6.30. The minimum absolute atomic E-state index is 0.0000953. The highest BCUT2D eigenvalue weighted by molar-refractivity contribution is 6.06. The van der Waals surface area contributed by atoms with Crippen LogP contribution < -0.4 is 14.2 Å². The van der Waals surface area contributed by atoms with Crippen LogP contribution in [-0.4, -0.2) is 42.7 Å². The standard InChI is InChI=1S/C34H28O6/c35-13-15-37-33-20-26(22-10-12-32-28(18-22)24-6-2-4-8-30(24)40-32)34(38-16-14-36)19-25(33)21-9-11-31-27(17-21)23-5-1-3-7-29(23)39-31/h1-12,17-20,23,29,35-36H,13-16H2. The van der Waals surface area contributed by atoms with Gasteiger partial charge in [0.25, 0.3) is 0 Å². The Hall–Kier alpha value is -4.52. The number of fused-ring (bicyclic) bond motifs is 6. The number of aliphatic hydroxyl groups is 2. The van der Waals surface area contributed by atoms with Gasteiger partial charge in [-0.05, 0) is 59.7 Å². The van der Waals surface area contributed by atoms with E-state index in [1.807, 2.05) is 66.7 Å². The van der Waals surface area contributed by atoms with Crippen molar-refractivity contribution < 1.29 is 28.8 Å². The maximum absolute atomic E-state index is 9.58. The van der Waals surface area contributed by atoms with Gasteiger partial charge in [-0.25, -0.2) is 0 Å². The molecule has 2 unspecified atom stereocenters. The van der Waals surface area contributed by atoms with E-state index in [1.54, 1.807) is 0 Å². The van der Waals surface area contributed by atoms with E-state index in [0.29, 0.717) is 11.5 Å². The number of allylic oxidation sites excluding steroid dienone is 2. The lowest BCUT2D eigenvalue weighted by Crippen LogP contribution is -2.15. The average molecular weight is 533 g/mol. The van der Waals surface area contributed by atoms with Crippen LogP contribution in [0.5, 0.6) is 17.2 Å². The minimum atomic E-state index is -0.109. The van der Waals surface area contributed by atoms with Crippen LogP contribution in [0.25, 0.3) is 44.2 Å².